The predicted molar refractivity (Wildman–Crippen MR) is 76.9 cm³/mol. The Morgan fingerprint density at radius 3 is 2.74 bits per heavy atom. The minimum atomic E-state index is 0.131. The molecule has 0 bridgehead atoms. The lowest BCUT2D eigenvalue weighted by Gasteiger charge is -2.20. The maximum atomic E-state index is 11.5. The van der Waals surface area contributed by atoms with E-state index in [4.69, 9.17) is 5.73 Å². The number of rotatable bonds is 2. The van der Waals surface area contributed by atoms with Crippen LogP contribution in [-0.4, -0.2) is 5.91 Å². The third kappa shape index (κ3) is 2.66. The summed E-state index contributed by atoms with van der Waals surface area (Å²) in [6.45, 7) is 0. The molecule has 1 aliphatic carbocycles. The molecule has 3 heteroatoms. The number of nitrogens with two attached hydrogens (primary N) is 1. The summed E-state index contributed by atoms with van der Waals surface area (Å²) in [5, 5.41) is 2.98. The highest BCUT2D eigenvalue weighted by Crippen LogP contribution is 2.35. The van der Waals surface area contributed by atoms with Crippen molar-refractivity contribution in [2.75, 3.05) is 5.32 Å². The molecule has 3 rings (SSSR count). The fourth-order valence-corrected chi connectivity index (χ4v) is 3.39. The summed E-state index contributed by atoms with van der Waals surface area (Å²) in [7, 11) is 0. The topological polar surface area (TPSA) is 55.1 Å². The van der Waals surface area contributed by atoms with Gasteiger partial charge in [-0.25, -0.2) is 0 Å². The Morgan fingerprint density at radius 1 is 1.16 bits per heavy atom. The fourth-order valence-electron chi connectivity index (χ4n) is 3.39. The van der Waals surface area contributed by atoms with Crippen molar-refractivity contribution in [1.82, 2.24) is 0 Å². The number of hydrogen-bond acceptors (Lipinski definition) is 2. The van der Waals surface area contributed by atoms with Crippen molar-refractivity contribution >= 4 is 11.6 Å². The number of carbonyl (C=O) groups excluding carboxylic acids is 1. The molecule has 1 unspecified atom stereocenters. The van der Waals surface area contributed by atoms with Gasteiger partial charge in [0.25, 0.3) is 0 Å². The van der Waals surface area contributed by atoms with Gasteiger partial charge in [-0.3, -0.25) is 4.79 Å². The lowest BCUT2D eigenvalue weighted by atomic mass is 9.90. The maximum absolute atomic E-state index is 11.5. The summed E-state index contributed by atoms with van der Waals surface area (Å²) in [6, 6.07) is 6.49. The van der Waals surface area contributed by atoms with Crippen LogP contribution in [0.2, 0.25) is 0 Å². The van der Waals surface area contributed by atoms with E-state index >= 15 is 0 Å². The van der Waals surface area contributed by atoms with Crippen LogP contribution in [0.15, 0.2) is 18.2 Å². The molecule has 1 saturated carbocycles. The normalized spacial score (nSPS) is 21.6. The standard InChI is InChI=1S/C16H22N2O/c17-16(11-4-1-2-5-11)13-8-9-14-12(10-13)6-3-7-15(19)18-14/h8-11,16H,1-7,17H2,(H,18,19). The summed E-state index contributed by atoms with van der Waals surface area (Å²) in [4.78, 5) is 11.5. The van der Waals surface area contributed by atoms with Crippen LogP contribution in [-0.2, 0) is 11.2 Å². The number of nitrogens with one attached hydrogen (secondary N) is 1. The van der Waals surface area contributed by atoms with Crippen molar-refractivity contribution in [2.24, 2.45) is 11.7 Å². The number of fused-ring (bicyclic) bond motifs is 1. The quantitative estimate of drug-likeness (QED) is 0.856. The molecule has 2 aliphatic rings. The van der Waals surface area contributed by atoms with E-state index in [1.165, 1.54) is 36.8 Å². The molecule has 1 fully saturated rings. The minimum Gasteiger partial charge on any atom is -0.326 e. The van der Waals surface area contributed by atoms with E-state index < -0.39 is 0 Å². The second-order valence-electron chi connectivity index (χ2n) is 5.89. The number of hydrogen-bond donors (Lipinski definition) is 2. The van der Waals surface area contributed by atoms with Crippen molar-refractivity contribution in [2.45, 2.75) is 51.0 Å². The summed E-state index contributed by atoms with van der Waals surface area (Å²) >= 11 is 0. The Labute approximate surface area is 114 Å². The Bertz CT molecular complexity index is 478. The summed E-state index contributed by atoms with van der Waals surface area (Å²) in [6.07, 6.45) is 7.68. The van der Waals surface area contributed by atoms with Crippen LogP contribution >= 0.6 is 0 Å². The number of benzene rings is 1. The molecular formula is C16H22N2O. The lowest BCUT2D eigenvalue weighted by molar-refractivity contribution is -0.116. The molecule has 102 valence electrons. The zero-order valence-corrected chi connectivity index (χ0v) is 11.3. The van der Waals surface area contributed by atoms with Crippen molar-refractivity contribution in [1.29, 1.82) is 0 Å². The van der Waals surface area contributed by atoms with Gasteiger partial charge in [0, 0.05) is 18.2 Å². The smallest absolute Gasteiger partial charge is 0.224 e. The third-order valence-corrected chi connectivity index (χ3v) is 4.55. The zero-order chi connectivity index (χ0) is 13.2. The number of amides is 1. The van der Waals surface area contributed by atoms with E-state index in [-0.39, 0.29) is 11.9 Å². The van der Waals surface area contributed by atoms with E-state index in [0.717, 1.165) is 18.5 Å². The molecule has 0 radical (unpaired) electrons. The first kappa shape index (κ1) is 12.7. The molecule has 1 aliphatic heterocycles. The molecule has 0 aromatic heterocycles. The maximum Gasteiger partial charge on any atom is 0.224 e. The summed E-state index contributed by atoms with van der Waals surface area (Å²) < 4.78 is 0. The van der Waals surface area contributed by atoms with Crippen LogP contribution in [0.25, 0.3) is 0 Å². The van der Waals surface area contributed by atoms with Gasteiger partial charge in [0.05, 0.1) is 0 Å². The average Bonchev–Trinajstić information content (AvgIpc) is 2.87. The first-order chi connectivity index (χ1) is 9.24. The molecule has 0 spiro atoms. The molecule has 3 N–H and O–H groups in total. The van der Waals surface area contributed by atoms with E-state index in [1.54, 1.807) is 0 Å². The SMILES string of the molecule is NC(c1ccc2c(c1)CCCC(=O)N2)C1CCCC1. The molecule has 1 atom stereocenters. The van der Waals surface area contributed by atoms with Crippen LogP contribution in [0.3, 0.4) is 0 Å². The fraction of sp³-hybridized carbons (Fsp3) is 0.562. The minimum absolute atomic E-state index is 0.131. The molecule has 1 heterocycles. The van der Waals surface area contributed by atoms with E-state index in [1.807, 2.05) is 6.07 Å². The second-order valence-corrected chi connectivity index (χ2v) is 5.89. The Kier molecular flexibility index (Phi) is 3.56. The van der Waals surface area contributed by atoms with E-state index in [9.17, 15) is 4.79 Å². The van der Waals surface area contributed by atoms with Gasteiger partial charge in [0.2, 0.25) is 5.91 Å². The van der Waals surface area contributed by atoms with Crippen LogP contribution < -0.4 is 11.1 Å². The highest BCUT2D eigenvalue weighted by Gasteiger charge is 2.24. The van der Waals surface area contributed by atoms with Gasteiger partial charge in [0.15, 0.2) is 0 Å². The molecule has 0 saturated heterocycles. The van der Waals surface area contributed by atoms with Crippen molar-refractivity contribution in [3.63, 3.8) is 0 Å². The molecular weight excluding hydrogens is 236 g/mol. The molecule has 1 aromatic carbocycles. The van der Waals surface area contributed by atoms with Gasteiger partial charge in [-0.15, -0.1) is 0 Å². The largest absolute Gasteiger partial charge is 0.326 e. The van der Waals surface area contributed by atoms with Crippen LogP contribution in [0.5, 0.6) is 0 Å². The third-order valence-electron chi connectivity index (χ3n) is 4.55. The first-order valence-electron chi connectivity index (χ1n) is 7.42. The predicted octanol–water partition coefficient (Wildman–Crippen LogP) is 3.15. The average molecular weight is 258 g/mol. The number of carbonyl (C=O) groups is 1. The number of anilines is 1. The van der Waals surface area contributed by atoms with Crippen molar-refractivity contribution in [3.8, 4) is 0 Å². The summed E-state index contributed by atoms with van der Waals surface area (Å²) in [5.41, 5.74) is 9.87. The van der Waals surface area contributed by atoms with Gasteiger partial charge in [-0.05, 0) is 48.8 Å². The van der Waals surface area contributed by atoms with Gasteiger partial charge < -0.3 is 11.1 Å². The van der Waals surface area contributed by atoms with Crippen LogP contribution in [0, 0.1) is 5.92 Å². The van der Waals surface area contributed by atoms with Gasteiger partial charge >= 0.3 is 0 Å². The summed E-state index contributed by atoms with van der Waals surface area (Å²) in [5.74, 6) is 0.769. The van der Waals surface area contributed by atoms with Gasteiger partial charge in [-0.2, -0.15) is 0 Å². The molecule has 3 nitrogen and oxygen atoms in total. The van der Waals surface area contributed by atoms with Gasteiger partial charge in [-0.1, -0.05) is 25.0 Å². The first-order valence-corrected chi connectivity index (χ1v) is 7.42. The Hall–Kier alpha value is -1.35. The van der Waals surface area contributed by atoms with Gasteiger partial charge in [0.1, 0.15) is 0 Å². The number of aryl methyl sites for hydroxylation is 1. The second kappa shape index (κ2) is 5.33. The molecule has 1 aromatic rings. The van der Waals surface area contributed by atoms with Crippen molar-refractivity contribution in [3.05, 3.63) is 29.3 Å². The molecule has 19 heavy (non-hydrogen) atoms. The van der Waals surface area contributed by atoms with Crippen LogP contribution in [0.1, 0.15) is 55.7 Å². The Morgan fingerprint density at radius 2 is 1.95 bits per heavy atom. The van der Waals surface area contributed by atoms with E-state index in [0.29, 0.717) is 12.3 Å². The highest BCUT2D eigenvalue weighted by atomic mass is 16.1. The zero-order valence-electron chi connectivity index (χ0n) is 11.3. The Balaban J connectivity index is 1.84. The highest BCUT2D eigenvalue weighted by molar-refractivity contribution is 5.92. The van der Waals surface area contributed by atoms with E-state index in [2.05, 4.69) is 17.4 Å². The molecule has 1 amide bonds. The monoisotopic (exact) mass is 258 g/mol. The lowest BCUT2D eigenvalue weighted by Crippen LogP contribution is -2.19. The van der Waals surface area contributed by atoms with Crippen LogP contribution in [0.4, 0.5) is 5.69 Å². The van der Waals surface area contributed by atoms with Crippen molar-refractivity contribution < 1.29 is 4.79 Å².